The predicted octanol–water partition coefficient (Wildman–Crippen LogP) is -8.75. The van der Waals surface area contributed by atoms with E-state index >= 15 is 0 Å². The Balaban J connectivity index is 1.51. The van der Waals surface area contributed by atoms with Gasteiger partial charge in [-0.15, -0.1) is 0 Å². The Kier molecular flexibility index (Phi) is 10.5. The zero-order valence-corrected chi connectivity index (χ0v) is 22.3. The maximum Gasteiger partial charge on any atom is 0.192 e. The molecule has 5 aliphatic rings. The highest BCUT2D eigenvalue weighted by Gasteiger charge is 2.55. The van der Waals surface area contributed by atoms with Gasteiger partial charge in [0.15, 0.2) is 31.5 Å². The SMILES string of the molecule is OC[C@H]1O[C@@H]2OC[C@H]3O[C@H](O[C@H]4[C@@H](O)[C@H](O[C@@H]5O[C@@H](O[C@@H]([C@H]2O)[C@@H]1O)[C@H](O)[C@H](O)[C@@H]5O)O[C@H](CO)[C@H]4O)[C@H](O)[C@@H](O)[C@@H]3O. The predicted molar refractivity (Wildman–Crippen MR) is 126 cm³/mol. The lowest BCUT2D eigenvalue weighted by molar-refractivity contribution is -0.416. The van der Waals surface area contributed by atoms with E-state index in [0.717, 1.165) is 0 Å². The van der Waals surface area contributed by atoms with Crippen molar-refractivity contribution in [2.24, 2.45) is 0 Å². The second-order valence-corrected chi connectivity index (χ2v) is 10.9. The van der Waals surface area contributed by atoms with Crippen LogP contribution in [0.5, 0.6) is 0 Å². The zero-order valence-electron chi connectivity index (χ0n) is 22.3. The molecule has 0 radical (unpaired) electrons. The van der Waals surface area contributed by atoms with Crippen LogP contribution in [0.3, 0.4) is 0 Å². The molecule has 20 atom stereocenters. The van der Waals surface area contributed by atoms with Gasteiger partial charge >= 0.3 is 0 Å². The van der Waals surface area contributed by atoms with Gasteiger partial charge < -0.3 is 99.2 Å². The minimum absolute atomic E-state index is 0.674. The molecular formula is C23H38O20. The minimum Gasteiger partial charge on any atom is -0.394 e. The fourth-order valence-corrected chi connectivity index (χ4v) is 5.52. The average molecular weight is 635 g/mol. The summed E-state index contributed by atoms with van der Waals surface area (Å²) in [7, 11) is 0. The zero-order chi connectivity index (χ0) is 31.3. The van der Waals surface area contributed by atoms with Crippen molar-refractivity contribution in [2.45, 2.75) is 123 Å². The summed E-state index contributed by atoms with van der Waals surface area (Å²) in [5.41, 5.74) is 0. The molecule has 43 heavy (non-hydrogen) atoms. The van der Waals surface area contributed by atoms with Gasteiger partial charge in [0.1, 0.15) is 91.6 Å². The molecule has 20 nitrogen and oxygen atoms in total. The monoisotopic (exact) mass is 634 g/mol. The highest BCUT2D eigenvalue weighted by molar-refractivity contribution is 4.97. The lowest BCUT2D eigenvalue weighted by atomic mass is 9.96. The van der Waals surface area contributed by atoms with Gasteiger partial charge in [0.2, 0.25) is 0 Å². The van der Waals surface area contributed by atoms with Crippen molar-refractivity contribution in [1.82, 2.24) is 0 Å². The fourth-order valence-electron chi connectivity index (χ4n) is 5.52. The van der Waals surface area contributed by atoms with E-state index in [1.807, 2.05) is 0 Å². The Morgan fingerprint density at radius 2 is 0.767 bits per heavy atom. The third-order valence-electron chi connectivity index (χ3n) is 8.11. The van der Waals surface area contributed by atoms with E-state index in [0.29, 0.717) is 0 Å². The second kappa shape index (κ2) is 13.5. The van der Waals surface area contributed by atoms with E-state index in [9.17, 15) is 61.3 Å². The van der Waals surface area contributed by atoms with Gasteiger partial charge in [-0.25, -0.2) is 0 Å². The first-order valence-electron chi connectivity index (χ1n) is 13.6. The first kappa shape index (κ1) is 33.6. The van der Waals surface area contributed by atoms with Crippen LogP contribution in [0.15, 0.2) is 0 Å². The maximum absolute atomic E-state index is 11.0. The highest BCUT2D eigenvalue weighted by Crippen LogP contribution is 2.34. The van der Waals surface area contributed by atoms with Crippen molar-refractivity contribution in [3.05, 3.63) is 0 Å². The number of hydrogen-bond acceptors (Lipinski definition) is 20. The largest absolute Gasteiger partial charge is 0.394 e. The molecule has 5 heterocycles. The summed E-state index contributed by atoms with van der Waals surface area (Å²) in [6, 6.07) is 0. The van der Waals surface area contributed by atoms with Crippen LogP contribution >= 0.6 is 0 Å². The molecule has 5 rings (SSSR count). The highest BCUT2D eigenvalue weighted by atomic mass is 16.8. The van der Waals surface area contributed by atoms with Crippen LogP contribution in [0.2, 0.25) is 0 Å². The molecule has 0 amide bonds. The molecule has 5 fully saturated rings. The number of rotatable bonds is 2. The van der Waals surface area contributed by atoms with E-state index in [-0.39, 0.29) is 0 Å². The van der Waals surface area contributed by atoms with E-state index in [2.05, 4.69) is 0 Å². The van der Waals surface area contributed by atoms with E-state index in [1.54, 1.807) is 0 Å². The molecule has 0 aromatic heterocycles. The van der Waals surface area contributed by atoms with E-state index < -0.39 is 143 Å². The van der Waals surface area contributed by atoms with Gasteiger partial charge in [-0.2, -0.15) is 0 Å². The topological polar surface area (TPSA) is 317 Å². The number of fused-ring (bicyclic) bond motifs is 8. The maximum atomic E-state index is 11.0. The van der Waals surface area contributed by atoms with Gasteiger partial charge in [0.05, 0.1) is 19.8 Å². The van der Waals surface area contributed by atoms with Crippen LogP contribution < -0.4 is 0 Å². The van der Waals surface area contributed by atoms with Crippen LogP contribution in [0, 0.1) is 0 Å². The standard InChI is InChI=1S/C23H38O20/c24-1-4-8(27)17-15(34)19(37-4)36-3-6-7(26)10(29)12(31)20(39-6)40-18-9(28)5(2-25)38-23(16(18)35)43-22-14(33)11(30)13(32)21(41-17)42-22/h4-35H,1-3H2/t4-,5-,6-,7-,8-,9-,10+,11+,12-,13-,14+,15-,16-,17-,18-,19+,20-,21-,22+,23+/m1/s1. The summed E-state index contributed by atoms with van der Waals surface area (Å²) in [5.74, 6) is 0. The number of aliphatic hydroxyl groups is 12. The van der Waals surface area contributed by atoms with Crippen LogP contribution in [0.1, 0.15) is 0 Å². The van der Waals surface area contributed by atoms with E-state index in [1.165, 1.54) is 0 Å². The molecule has 5 aliphatic heterocycles. The molecule has 0 aromatic carbocycles. The second-order valence-electron chi connectivity index (χ2n) is 10.9. The van der Waals surface area contributed by atoms with Crippen molar-refractivity contribution >= 4 is 0 Å². The smallest absolute Gasteiger partial charge is 0.192 e. The molecule has 0 saturated carbocycles. The van der Waals surface area contributed by atoms with E-state index in [4.69, 9.17) is 37.9 Å². The lowest BCUT2D eigenvalue weighted by Crippen LogP contribution is -2.66. The Morgan fingerprint density at radius 1 is 0.372 bits per heavy atom. The van der Waals surface area contributed by atoms with Crippen LogP contribution in [-0.2, 0) is 37.9 Å². The summed E-state index contributed by atoms with van der Waals surface area (Å²) >= 11 is 0. The summed E-state index contributed by atoms with van der Waals surface area (Å²) in [4.78, 5) is 0. The molecule has 0 aromatic rings. The molecule has 12 N–H and O–H groups in total. The quantitative estimate of drug-likeness (QED) is 0.134. The first-order chi connectivity index (χ1) is 20.4. The van der Waals surface area contributed by atoms with Crippen molar-refractivity contribution in [2.75, 3.05) is 19.8 Å². The Bertz CT molecular complexity index is 916. The van der Waals surface area contributed by atoms with Gasteiger partial charge in [0, 0.05) is 0 Å². The summed E-state index contributed by atoms with van der Waals surface area (Å²) in [6.45, 7) is -2.34. The molecule has 20 heteroatoms. The first-order valence-corrected chi connectivity index (χ1v) is 13.6. The van der Waals surface area contributed by atoms with Gasteiger partial charge in [-0.3, -0.25) is 0 Å². The third-order valence-corrected chi connectivity index (χ3v) is 8.11. The minimum atomic E-state index is -2.03. The van der Waals surface area contributed by atoms with Gasteiger partial charge in [-0.05, 0) is 0 Å². The normalized spacial score (nSPS) is 56.7. The Hall–Kier alpha value is -0.800. The van der Waals surface area contributed by atoms with Crippen LogP contribution in [0.25, 0.3) is 0 Å². The molecule has 250 valence electrons. The molecule has 0 spiro atoms. The van der Waals surface area contributed by atoms with Gasteiger partial charge in [0.25, 0.3) is 0 Å². The van der Waals surface area contributed by atoms with Gasteiger partial charge in [-0.1, -0.05) is 0 Å². The third kappa shape index (κ3) is 6.31. The van der Waals surface area contributed by atoms with Crippen molar-refractivity contribution in [3.63, 3.8) is 0 Å². The van der Waals surface area contributed by atoms with Crippen LogP contribution in [0.4, 0.5) is 0 Å². The molecule has 8 bridgehead atoms. The average Bonchev–Trinajstić information content (AvgIpc) is 2.99. The molecule has 5 saturated heterocycles. The Morgan fingerprint density at radius 3 is 1.28 bits per heavy atom. The van der Waals surface area contributed by atoms with Crippen molar-refractivity contribution in [3.8, 4) is 0 Å². The van der Waals surface area contributed by atoms with Crippen molar-refractivity contribution < 1.29 is 99.2 Å². The number of ether oxygens (including phenoxy) is 8. The molecule has 0 aliphatic carbocycles. The summed E-state index contributed by atoms with van der Waals surface area (Å²) in [6.07, 6.45) is -36.5. The Labute approximate surface area is 242 Å². The lowest BCUT2D eigenvalue weighted by Gasteiger charge is -2.47. The molecular weight excluding hydrogens is 596 g/mol. The number of hydrogen-bond donors (Lipinski definition) is 12. The summed E-state index contributed by atoms with van der Waals surface area (Å²) < 4.78 is 44.0. The van der Waals surface area contributed by atoms with Crippen LogP contribution in [-0.4, -0.2) is 204 Å². The number of aliphatic hydroxyl groups excluding tert-OH is 12. The summed E-state index contributed by atoms with van der Waals surface area (Å²) in [5, 5.41) is 126. The fraction of sp³-hybridized carbons (Fsp3) is 1.00. The van der Waals surface area contributed by atoms with Crippen molar-refractivity contribution in [1.29, 1.82) is 0 Å². The molecule has 0 unspecified atom stereocenters.